The number of carbonyl (C=O) groups is 1. The van der Waals surface area contributed by atoms with Crippen LogP contribution in [0, 0.1) is 0 Å². The SMILES string of the molecule is CCN(CC)C(=O)C(C)Oc1cc(Cl)c(Cl)cc1N. The van der Waals surface area contributed by atoms with E-state index in [1.54, 1.807) is 11.8 Å². The second kappa shape index (κ2) is 6.87. The van der Waals surface area contributed by atoms with Crippen molar-refractivity contribution in [2.24, 2.45) is 0 Å². The summed E-state index contributed by atoms with van der Waals surface area (Å²) in [6.45, 7) is 6.80. The summed E-state index contributed by atoms with van der Waals surface area (Å²) in [6.07, 6.45) is -0.626. The molecule has 1 unspecified atom stereocenters. The van der Waals surface area contributed by atoms with Crippen LogP contribution in [0.3, 0.4) is 0 Å². The Hall–Kier alpha value is -1.13. The molecule has 0 aliphatic heterocycles. The number of likely N-dealkylation sites (N-methyl/N-ethyl adjacent to an activating group) is 1. The first-order valence-electron chi connectivity index (χ1n) is 6.10. The second-order valence-electron chi connectivity index (χ2n) is 4.07. The van der Waals surface area contributed by atoms with Crippen molar-refractivity contribution in [3.63, 3.8) is 0 Å². The Morgan fingerprint density at radius 2 is 1.84 bits per heavy atom. The summed E-state index contributed by atoms with van der Waals surface area (Å²) < 4.78 is 5.57. The summed E-state index contributed by atoms with van der Waals surface area (Å²) in [5, 5.41) is 0.697. The molecule has 0 aliphatic rings. The van der Waals surface area contributed by atoms with E-state index in [9.17, 15) is 4.79 Å². The van der Waals surface area contributed by atoms with Crippen molar-refractivity contribution >= 4 is 34.8 Å². The molecule has 1 aromatic carbocycles. The van der Waals surface area contributed by atoms with Crippen LogP contribution in [0.1, 0.15) is 20.8 Å². The van der Waals surface area contributed by atoms with Gasteiger partial charge in [0.1, 0.15) is 5.75 Å². The lowest BCUT2D eigenvalue weighted by molar-refractivity contribution is -0.137. The van der Waals surface area contributed by atoms with Crippen molar-refractivity contribution < 1.29 is 9.53 Å². The molecule has 1 atom stereocenters. The van der Waals surface area contributed by atoms with Gasteiger partial charge in [-0.1, -0.05) is 23.2 Å². The summed E-state index contributed by atoms with van der Waals surface area (Å²) in [6, 6.07) is 3.03. The molecule has 4 nitrogen and oxygen atoms in total. The number of nitrogens with two attached hydrogens (primary N) is 1. The van der Waals surface area contributed by atoms with Gasteiger partial charge in [-0.3, -0.25) is 4.79 Å². The molecule has 1 aromatic rings. The van der Waals surface area contributed by atoms with E-state index in [4.69, 9.17) is 33.7 Å². The Morgan fingerprint density at radius 1 is 1.32 bits per heavy atom. The summed E-state index contributed by atoms with van der Waals surface area (Å²) in [4.78, 5) is 13.8. The van der Waals surface area contributed by atoms with E-state index in [0.717, 1.165) is 0 Å². The van der Waals surface area contributed by atoms with E-state index in [-0.39, 0.29) is 5.91 Å². The van der Waals surface area contributed by atoms with Crippen LogP contribution in [0.25, 0.3) is 0 Å². The number of carbonyl (C=O) groups excluding carboxylic acids is 1. The molecule has 0 heterocycles. The van der Waals surface area contributed by atoms with Gasteiger partial charge in [0.2, 0.25) is 0 Å². The van der Waals surface area contributed by atoms with Gasteiger partial charge < -0.3 is 15.4 Å². The van der Waals surface area contributed by atoms with Crippen LogP contribution in [-0.4, -0.2) is 30.0 Å². The number of ether oxygens (including phenoxy) is 1. The molecule has 1 rings (SSSR count). The minimum atomic E-state index is -0.626. The maximum atomic E-state index is 12.1. The van der Waals surface area contributed by atoms with Gasteiger partial charge in [-0.15, -0.1) is 0 Å². The molecule has 0 saturated heterocycles. The second-order valence-corrected chi connectivity index (χ2v) is 4.89. The third-order valence-corrected chi connectivity index (χ3v) is 3.50. The largest absolute Gasteiger partial charge is 0.479 e. The standard InChI is InChI=1S/C13H18Cl2N2O2/c1-4-17(5-2)13(18)8(3)19-12-7-10(15)9(14)6-11(12)16/h6-8H,4-5,16H2,1-3H3. The van der Waals surface area contributed by atoms with E-state index >= 15 is 0 Å². The maximum absolute atomic E-state index is 12.1. The first-order chi connectivity index (χ1) is 8.90. The Morgan fingerprint density at radius 3 is 2.37 bits per heavy atom. The first kappa shape index (κ1) is 15.9. The quantitative estimate of drug-likeness (QED) is 0.850. The van der Waals surface area contributed by atoms with E-state index in [0.29, 0.717) is 34.6 Å². The number of nitrogen functional groups attached to an aromatic ring is 1. The Balaban J connectivity index is 2.85. The molecular weight excluding hydrogens is 287 g/mol. The van der Waals surface area contributed by atoms with Gasteiger partial charge in [0.25, 0.3) is 5.91 Å². The zero-order chi connectivity index (χ0) is 14.6. The zero-order valence-electron chi connectivity index (χ0n) is 11.2. The number of amides is 1. The fourth-order valence-electron chi connectivity index (χ4n) is 1.68. The van der Waals surface area contributed by atoms with Gasteiger partial charge in [0.05, 0.1) is 15.7 Å². The molecule has 0 spiro atoms. The van der Waals surface area contributed by atoms with E-state index in [1.807, 2.05) is 13.8 Å². The van der Waals surface area contributed by atoms with Gasteiger partial charge in [-0.2, -0.15) is 0 Å². The number of anilines is 1. The highest BCUT2D eigenvalue weighted by molar-refractivity contribution is 6.42. The molecule has 0 radical (unpaired) electrons. The van der Waals surface area contributed by atoms with Crippen molar-refractivity contribution in [3.05, 3.63) is 22.2 Å². The van der Waals surface area contributed by atoms with Crippen molar-refractivity contribution in [3.8, 4) is 5.75 Å². The van der Waals surface area contributed by atoms with Crippen LogP contribution >= 0.6 is 23.2 Å². The molecule has 2 N–H and O–H groups in total. The normalized spacial score (nSPS) is 12.1. The first-order valence-corrected chi connectivity index (χ1v) is 6.86. The minimum Gasteiger partial charge on any atom is -0.479 e. The monoisotopic (exact) mass is 304 g/mol. The van der Waals surface area contributed by atoms with Crippen molar-refractivity contribution in [1.29, 1.82) is 0 Å². The van der Waals surface area contributed by atoms with Gasteiger partial charge in [0.15, 0.2) is 6.10 Å². The highest BCUT2D eigenvalue weighted by atomic mass is 35.5. The number of hydrogen-bond acceptors (Lipinski definition) is 3. The van der Waals surface area contributed by atoms with E-state index < -0.39 is 6.10 Å². The highest BCUT2D eigenvalue weighted by Gasteiger charge is 2.21. The zero-order valence-corrected chi connectivity index (χ0v) is 12.8. The van der Waals surface area contributed by atoms with Crippen LogP contribution in [0.2, 0.25) is 10.0 Å². The Bertz CT molecular complexity index is 462. The molecule has 0 fully saturated rings. The molecule has 0 bridgehead atoms. The average molecular weight is 305 g/mol. The lowest BCUT2D eigenvalue weighted by atomic mass is 10.2. The predicted octanol–water partition coefficient (Wildman–Crippen LogP) is 3.21. The average Bonchev–Trinajstić information content (AvgIpc) is 2.37. The van der Waals surface area contributed by atoms with Crippen molar-refractivity contribution in [1.82, 2.24) is 4.90 Å². The van der Waals surface area contributed by atoms with Crippen LogP contribution < -0.4 is 10.5 Å². The fourth-order valence-corrected chi connectivity index (χ4v) is 2.01. The lowest BCUT2D eigenvalue weighted by Crippen LogP contribution is -2.40. The molecule has 0 saturated carbocycles. The third kappa shape index (κ3) is 3.91. The smallest absolute Gasteiger partial charge is 0.263 e. The Labute approximate surface area is 123 Å². The van der Waals surface area contributed by atoms with Crippen LogP contribution in [0.15, 0.2) is 12.1 Å². The molecule has 0 aliphatic carbocycles. The van der Waals surface area contributed by atoms with Crippen LogP contribution in [0.5, 0.6) is 5.75 Å². The fraction of sp³-hybridized carbons (Fsp3) is 0.462. The third-order valence-electron chi connectivity index (χ3n) is 2.78. The molecule has 1 amide bonds. The van der Waals surface area contributed by atoms with E-state index in [1.165, 1.54) is 12.1 Å². The summed E-state index contributed by atoms with van der Waals surface area (Å²) in [5.74, 6) is 0.276. The van der Waals surface area contributed by atoms with Crippen LogP contribution in [0.4, 0.5) is 5.69 Å². The summed E-state index contributed by atoms with van der Waals surface area (Å²) >= 11 is 11.7. The van der Waals surface area contributed by atoms with Gasteiger partial charge in [-0.25, -0.2) is 0 Å². The van der Waals surface area contributed by atoms with E-state index in [2.05, 4.69) is 0 Å². The number of benzene rings is 1. The van der Waals surface area contributed by atoms with Gasteiger partial charge >= 0.3 is 0 Å². The molecule has 0 aromatic heterocycles. The number of halogens is 2. The molecule has 6 heteroatoms. The highest BCUT2D eigenvalue weighted by Crippen LogP contribution is 2.32. The number of hydrogen-bond donors (Lipinski definition) is 1. The van der Waals surface area contributed by atoms with Crippen LogP contribution in [-0.2, 0) is 4.79 Å². The Kier molecular flexibility index (Phi) is 5.76. The summed E-state index contributed by atoms with van der Waals surface area (Å²) in [7, 11) is 0. The van der Waals surface area contributed by atoms with Gasteiger partial charge in [0, 0.05) is 19.2 Å². The van der Waals surface area contributed by atoms with Crippen molar-refractivity contribution in [2.75, 3.05) is 18.8 Å². The predicted molar refractivity (Wildman–Crippen MR) is 78.9 cm³/mol. The molecular formula is C13H18Cl2N2O2. The van der Waals surface area contributed by atoms with Gasteiger partial charge in [-0.05, 0) is 26.8 Å². The topological polar surface area (TPSA) is 55.6 Å². The molecule has 19 heavy (non-hydrogen) atoms. The maximum Gasteiger partial charge on any atom is 0.263 e. The minimum absolute atomic E-state index is 0.0875. The van der Waals surface area contributed by atoms with Crippen molar-refractivity contribution in [2.45, 2.75) is 26.9 Å². The molecule has 106 valence electrons. The lowest BCUT2D eigenvalue weighted by Gasteiger charge is -2.24. The summed E-state index contributed by atoms with van der Waals surface area (Å²) in [5.41, 5.74) is 6.14. The number of nitrogens with zero attached hydrogens (tertiary/aromatic N) is 1. The number of rotatable bonds is 5.